The number of fused-ring (bicyclic) bond motifs is 1. The zero-order chi connectivity index (χ0) is 19.6. The van der Waals surface area contributed by atoms with Crippen molar-refractivity contribution in [1.82, 2.24) is 19.8 Å². The van der Waals surface area contributed by atoms with Crippen LogP contribution in [0, 0.1) is 5.41 Å². The number of rotatable bonds is 6. The third-order valence-corrected chi connectivity index (χ3v) is 5.80. The zero-order valence-electron chi connectivity index (χ0n) is 16.6. The molecule has 29 heavy (non-hydrogen) atoms. The highest BCUT2D eigenvalue weighted by atomic mass is 16.5. The van der Waals surface area contributed by atoms with Crippen LogP contribution in [0.4, 0.5) is 0 Å². The minimum absolute atomic E-state index is 0.147. The molecule has 1 saturated carbocycles. The zero-order valence-corrected chi connectivity index (χ0v) is 16.6. The Balaban J connectivity index is 1.43. The maximum Gasteiger partial charge on any atom is 0.127 e. The lowest BCUT2D eigenvalue weighted by Crippen LogP contribution is -2.49. The molecule has 0 amide bonds. The smallest absolute Gasteiger partial charge is 0.127 e. The molecule has 6 nitrogen and oxygen atoms in total. The number of nitrogens with zero attached hydrogens (tertiary/aromatic N) is 3. The summed E-state index contributed by atoms with van der Waals surface area (Å²) in [5.41, 5.74) is 3.52. The molecule has 2 N–H and O–H groups in total. The van der Waals surface area contributed by atoms with Crippen molar-refractivity contribution in [1.29, 1.82) is 5.41 Å². The molecule has 1 saturated heterocycles. The Morgan fingerprint density at radius 1 is 1.21 bits per heavy atom. The summed E-state index contributed by atoms with van der Waals surface area (Å²) in [6.45, 7) is 3.77. The minimum atomic E-state index is -0.147. The summed E-state index contributed by atoms with van der Waals surface area (Å²) in [6, 6.07) is 15.0. The number of ether oxygens (including phenoxy) is 1. The molecule has 3 aromatic rings. The van der Waals surface area contributed by atoms with Gasteiger partial charge in [-0.05, 0) is 36.6 Å². The van der Waals surface area contributed by atoms with E-state index in [4.69, 9.17) is 10.1 Å². The highest BCUT2D eigenvalue weighted by Gasteiger charge is 2.35. The topological polar surface area (TPSA) is 66.2 Å². The van der Waals surface area contributed by atoms with Crippen LogP contribution in [0.25, 0.3) is 10.9 Å². The Morgan fingerprint density at radius 3 is 2.83 bits per heavy atom. The molecule has 0 spiro atoms. The first kappa shape index (κ1) is 18.3. The molecule has 1 aliphatic heterocycles. The van der Waals surface area contributed by atoms with Gasteiger partial charge in [-0.3, -0.25) is 10.4 Å². The third-order valence-electron chi connectivity index (χ3n) is 5.80. The maximum atomic E-state index is 8.80. The van der Waals surface area contributed by atoms with E-state index in [9.17, 15) is 0 Å². The van der Waals surface area contributed by atoms with Crippen LogP contribution in [0.2, 0.25) is 0 Å². The van der Waals surface area contributed by atoms with E-state index in [1.54, 1.807) is 0 Å². The summed E-state index contributed by atoms with van der Waals surface area (Å²) in [6.07, 6.45) is 6.26. The van der Waals surface area contributed by atoms with Crippen molar-refractivity contribution in [3.63, 3.8) is 0 Å². The summed E-state index contributed by atoms with van der Waals surface area (Å²) in [7, 11) is 0. The van der Waals surface area contributed by atoms with Crippen LogP contribution < -0.4 is 5.32 Å². The van der Waals surface area contributed by atoms with Gasteiger partial charge in [0, 0.05) is 49.0 Å². The summed E-state index contributed by atoms with van der Waals surface area (Å²) in [5, 5.41) is 13.4. The van der Waals surface area contributed by atoms with Crippen LogP contribution in [0.5, 0.6) is 0 Å². The van der Waals surface area contributed by atoms with Crippen LogP contribution in [0.1, 0.15) is 24.1 Å². The second-order valence-electron chi connectivity index (χ2n) is 7.93. The molecular weight excluding hydrogens is 362 g/mol. The van der Waals surface area contributed by atoms with Gasteiger partial charge in [-0.15, -0.1) is 0 Å². The van der Waals surface area contributed by atoms with E-state index in [0.717, 1.165) is 44.7 Å². The van der Waals surface area contributed by atoms with Gasteiger partial charge in [0.05, 0.1) is 18.8 Å². The van der Waals surface area contributed by atoms with Crippen LogP contribution in [0.3, 0.4) is 0 Å². The Kier molecular flexibility index (Phi) is 5.04. The van der Waals surface area contributed by atoms with Gasteiger partial charge in [0.1, 0.15) is 11.9 Å². The normalized spacial score (nSPS) is 19.4. The van der Waals surface area contributed by atoms with Crippen molar-refractivity contribution < 1.29 is 4.74 Å². The molecular formula is C23H27N5O. The fourth-order valence-electron chi connectivity index (χ4n) is 4.15. The van der Waals surface area contributed by atoms with Gasteiger partial charge < -0.3 is 19.5 Å². The van der Waals surface area contributed by atoms with E-state index in [1.807, 2.05) is 18.3 Å². The van der Waals surface area contributed by atoms with Crippen molar-refractivity contribution in [2.75, 3.05) is 19.7 Å². The molecule has 5 rings (SSSR count). The van der Waals surface area contributed by atoms with Gasteiger partial charge in [0.25, 0.3) is 0 Å². The third kappa shape index (κ3) is 3.91. The van der Waals surface area contributed by atoms with Crippen LogP contribution in [0.15, 0.2) is 54.9 Å². The van der Waals surface area contributed by atoms with Gasteiger partial charge in [-0.25, -0.2) is 0 Å². The predicted octanol–water partition coefficient (Wildman–Crippen LogP) is 3.01. The highest BCUT2D eigenvalue weighted by Crippen LogP contribution is 2.32. The number of hydrogen-bond donors (Lipinski definition) is 2. The molecule has 0 bridgehead atoms. The number of pyridine rings is 1. The molecule has 2 fully saturated rings. The lowest BCUT2D eigenvalue weighted by atomic mass is 10.1. The first-order valence-corrected chi connectivity index (χ1v) is 10.4. The molecule has 2 aromatic heterocycles. The van der Waals surface area contributed by atoms with Crippen molar-refractivity contribution >= 4 is 16.7 Å². The Labute approximate surface area is 171 Å². The average Bonchev–Trinajstić information content (AvgIpc) is 3.57. The summed E-state index contributed by atoms with van der Waals surface area (Å²) >= 11 is 0. The SMILES string of the molecule is N=C(C1CNCCO1)N(Cc1cn(Cc2ccccn2)c2ccccc12)C1CC1. The second-order valence-corrected chi connectivity index (χ2v) is 7.93. The predicted molar refractivity (Wildman–Crippen MR) is 114 cm³/mol. The van der Waals surface area contributed by atoms with E-state index in [0.29, 0.717) is 18.5 Å². The van der Waals surface area contributed by atoms with Gasteiger partial charge in [-0.2, -0.15) is 0 Å². The fraction of sp³-hybridized carbons (Fsp3) is 0.391. The van der Waals surface area contributed by atoms with E-state index in [2.05, 4.69) is 56.3 Å². The Bertz CT molecular complexity index is 989. The molecule has 150 valence electrons. The molecule has 6 heteroatoms. The van der Waals surface area contributed by atoms with Gasteiger partial charge in [-0.1, -0.05) is 24.3 Å². The van der Waals surface area contributed by atoms with E-state index in [1.165, 1.54) is 16.5 Å². The second kappa shape index (κ2) is 7.97. The van der Waals surface area contributed by atoms with Crippen molar-refractivity contribution in [3.05, 3.63) is 66.1 Å². The van der Waals surface area contributed by atoms with Gasteiger partial charge >= 0.3 is 0 Å². The number of amidine groups is 1. The average molecular weight is 390 g/mol. The molecule has 1 aromatic carbocycles. The molecule has 0 radical (unpaired) electrons. The van der Waals surface area contributed by atoms with E-state index < -0.39 is 0 Å². The lowest BCUT2D eigenvalue weighted by molar-refractivity contribution is 0.0613. The van der Waals surface area contributed by atoms with E-state index in [-0.39, 0.29) is 6.10 Å². The number of morpholine rings is 1. The summed E-state index contributed by atoms with van der Waals surface area (Å²) in [5.74, 6) is 0.612. The van der Waals surface area contributed by atoms with E-state index >= 15 is 0 Å². The standard InChI is InChI=1S/C23H27N5O/c24-23(22-13-25-11-12-29-22)28(19-8-9-19)15-17-14-27(16-18-5-3-4-10-26-18)21-7-2-1-6-20(17)21/h1-7,10,14,19,22,24-25H,8-9,11-13,15-16H2. The van der Waals surface area contributed by atoms with Gasteiger partial charge in [0.15, 0.2) is 0 Å². The fourth-order valence-corrected chi connectivity index (χ4v) is 4.15. The van der Waals surface area contributed by atoms with Crippen molar-refractivity contribution in [2.45, 2.75) is 38.1 Å². The maximum absolute atomic E-state index is 8.80. The quantitative estimate of drug-likeness (QED) is 0.502. The minimum Gasteiger partial charge on any atom is -0.368 e. The summed E-state index contributed by atoms with van der Waals surface area (Å²) in [4.78, 5) is 6.74. The lowest BCUT2D eigenvalue weighted by Gasteiger charge is -2.32. The Morgan fingerprint density at radius 2 is 2.07 bits per heavy atom. The summed E-state index contributed by atoms with van der Waals surface area (Å²) < 4.78 is 8.14. The monoisotopic (exact) mass is 389 g/mol. The first-order chi connectivity index (χ1) is 14.3. The highest BCUT2D eigenvalue weighted by molar-refractivity contribution is 5.87. The molecule has 3 heterocycles. The Hall–Kier alpha value is -2.70. The largest absolute Gasteiger partial charge is 0.368 e. The molecule has 1 unspecified atom stereocenters. The van der Waals surface area contributed by atoms with Crippen molar-refractivity contribution in [3.8, 4) is 0 Å². The molecule has 1 aliphatic carbocycles. The number of hydrogen-bond acceptors (Lipinski definition) is 4. The van der Waals surface area contributed by atoms with Crippen LogP contribution >= 0.6 is 0 Å². The first-order valence-electron chi connectivity index (χ1n) is 10.4. The number of benzene rings is 1. The van der Waals surface area contributed by atoms with Crippen LogP contribution in [-0.2, 0) is 17.8 Å². The molecule has 2 aliphatic rings. The van der Waals surface area contributed by atoms with Gasteiger partial charge in [0.2, 0.25) is 0 Å². The number of aromatic nitrogens is 2. The number of nitrogens with one attached hydrogen (secondary N) is 2. The van der Waals surface area contributed by atoms with Crippen LogP contribution in [-0.4, -0.2) is 52.1 Å². The number of para-hydroxylation sites is 1. The van der Waals surface area contributed by atoms with Crippen molar-refractivity contribution in [2.24, 2.45) is 0 Å². The molecule has 1 atom stereocenters.